The molecule has 5 nitrogen and oxygen atoms in total. The Morgan fingerprint density at radius 3 is 2.52 bits per heavy atom. The van der Waals surface area contributed by atoms with Crippen LogP contribution < -0.4 is 11.3 Å². The van der Waals surface area contributed by atoms with Gasteiger partial charge < -0.3 is 15.0 Å². The molecule has 0 bridgehead atoms. The molecule has 0 atom stereocenters. The van der Waals surface area contributed by atoms with Crippen molar-refractivity contribution in [2.45, 2.75) is 13.2 Å². The van der Waals surface area contributed by atoms with Gasteiger partial charge in [0, 0.05) is 18.0 Å². The van der Waals surface area contributed by atoms with E-state index in [1.165, 1.54) is 24.4 Å². The second-order valence-electron chi connectivity index (χ2n) is 4.29. The average Bonchev–Trinajstić information content (AvgIpc) is 2.42. The Balaban J connectivity index is 2.03. The van der Waals surface area contributed by atoms with E-state index in [0.717, 1.165) is 16.7 Å². The second kappa shape index (κ2) is 6.17. The maximum absolute atomic E-state index is 13.3. The van der Waals surface area contributed by atoms with Crippen LogP contribution in [0.2, 0.25) is 0 Å². The van der Waals surface area contributed by atoms with Gasteiger partial charge in [-0.1, -0.05) is 6.07 Å². The summed E-state index contributed by atoms with van der Waals surface area (Å²) in [5.74, 6) is -2.40. The SMILES string of the molecule is Nc1ccc(=O)n(CC(=O)OCc2c(F)cccc2F)c1. The fourth-order valence-electron chi connectivity index (χ4n) is 1.68. The molecule has 2 N–H and O–H groups in total. The number of hydrogen-bond donors (Lipinski definition) is 1. The fraction of sp³-hybridized carbons (Fsp3) is 0.143. The van der Waals surface area contributed by atoms with Gasteiger partial charge in [-0.2, -0.15) is 0 Å². The van der Waals surface area contributed by atoms with Crippen LogP contribution in [0, 0.1) is 11.6 Å². The number of pyridine rings is 1. The van der Waals surface area contributed by atoms with Gasteiger partial charge >= 0.3 is 5.97 Å². The van der Waals surface area contributed by atoms with Crippen molar-refractivity contribution in [1.29, 1.82) is 0 Å². The zero-order valence-corrected chi connectivity index (χ0v) is 10.9. The number of nitrogens with two attached hydrogens (primary N) is 1. The van der Waals surface area contributed by atoms with Crippen LogP contribution in [0.3, 0.4) is 0 Å². The van der Waals surface area contributed by atoms with Crippen LogP contribution in [-0.2, 0) is 22.7 Å². The standard InChI is InChI=1S/C14H12F2N2O3/c15-11-2-1-3-12(16)10(11)8-21-14(20)7-18-6-9(17)4-5-13(18)19/h1-6H,7-8,17H2. The van der Waals surface area contributed by atoms with Crippen molar-refractivity contribution < 1.29 is 18.3 Å². The zero-order chi connectivity index (χ0) is 15.4. The number of carbonyl (C=O) groups is 1. The minimum Gasteiger partial charge on any atom is -0.459 e. The molecule has 0 saturated heterocycles. The molecule has 0 amide bonds. The third kappa shape index (κ3) is 3.65. The topological polar surface area (TPSA) is 74.3 Å². The van der Waals surface area contributed by atoms with Crippen molar-refractivity contribution in [3.8, 4) is 0 Å². The molecule has 1 heterocycles. The van der Waals surface area contributed by atoms with Crippen LogP contribution in [-0.4, -0.2) is 10.5 Å². The number of halogens is 2. The monoisotopic (exact) mass is 294 g/mol. The predicted octanol–water partition coefficient (Wildman–Crippen LogP) is 1.45. The van der Waals surface area contributed by atoms with E-state index in [1.54, 1.807) is 0 Å². The number of aromatic nitrogens is 1. The summed E-state index contributed by atoms with van der Waals surface area (Å²) in [7, 11) is 0. The first kappa shape index (κ1) is 14.7. The predicted molar refractivity (Wildman–Crippen MR) is 71.3 cm³/mol. The fourth-order valence-corrected chi connectivity index (χ4v) is 1.68. The number of esters is 1. The quantitative estimate of drug-likeness (QED) is 0.866. The molecule has 0 saturated carbocycles. The molecule has 2 aromatic rings. The van der Waals surface area contributed by atoms with Gasteiger partial charge in [-0.3, -0.25) is 9.59 Å². The number of nitrogens with zero attached hydrogens (tertiary/aromatic N) is 1. The number of hydrogen-bond acceptors (Lipinski definition) is 4. The van der Waals surface area contributed by atoms with E-state index in [0.29, 0.717) is 5.69 Å². The molecule has 2 rings (SSSR count). The Morgan fingerprint density at radius 1 is 1.19 bits per heavy atom. The Bertz CT molecular complexity index is 708. The highest BCUT2D eigenvalue weighted by molar-refractivity contribution is 5.69. The molecule has 7 heteroatoms. The van der Waals surface area contributed by atoms with Gasteiger partial charge in [-0.25, -0.2) is 8.78 Å². The van der Waals surface area contributed by atoms with Crippen molar-refractivity contribution in [1.82, 2.24) is 4.57 Å². The molecule has 21 heavy (non-hydrogen) atoms. The summed E-state index contributed by atoms with van der Waals surface area (Å²) in [6.45, 7) is -0.936. The van der Waals surface area contributed by atoms with Crippen molar-refractivity contribution in [2.24, 2.45) is 0 Å². The molecule has 0 radical (unpaired) electrons. The van der Waals surface area contributed by atoms with E-state index in [4.69, 9.17) is 10.5 Å². The first-order valence-corrected chi connectivity index (χ1v) is 6.02. The molecular formula is C14H12F2N2O3. The number of carbonyl (C=O) groups excluding carboxylic acids is 1. The highest BCUT2D eigenvalue weighted by atomic mass is 19.1. The van der Waals surface area contributed by atoms with Crippen LogP contribution in [0.5, 0.6) is 0 Å². The number of anilines is 1. The minimum absolute atomic E-state index is 0.308. The lowest BCUT2D eigenvalue weighted by atomic mass is 10.2. The normalized spacial score (nSPS) is 10.4. The molecule has 110 valence electrons. The Hall–Kier alpha value is -2.70. The van der Waals surface area contributed by atoms with Crippen LogP contribution in [0.1, 0.15) is 5.56 Å². The van der Waals surface area contributed by atoms with Gasteiger partial charge in [-0.15, -0.1) is 0 Å². The average molecular weight is 294 g/mol. The zero-order valence-electron chi connectivity index (χ0n) is 10.9. The van der Waals surface area contributed by atoms with Gasteiger partial charge in [0.25, 0.3) is 5.56 Å². The van der Waals surface area contributed by atoms with E-state index in [9.17, 15) is 18.4 Å². The van der Waals surface area contributed by atoms with E-state index in [-0.39, 0.29) is 12.1 Å². The maximum atomic E-state index is 13.3. The highest BCUT2D eigenvalue weighted by Crippen LogP contribution is 2.13. The molecule has 1 aromatic heterocycles. The summed E-state index contributed by atoms with van der Waals surface area (Å²) in [5, 5.41) is 0. The molecule has 0 spiro atoms. The van der Waals surface area contributed by atoms with Crippen molar-refractivity contribution in [3.05, 3.63) is 64.1 Å². The lowest BCUT2D eigenvalue weighted by Crippen LogP contribution is -2.24. The number of rotatable bonds is 4. The smallest absolute Gasteiger partial charge is 0.326 e. The van der Waals surface area contributed by atoms with E-state index in [2.05, 4.69) is 0 Å². The summed E-state index contributed by atoms with van der Waals surface area (Å²) >= 11 is 0. The third-order valence-electron chi connectivity index (χ3n) is 2.74. The number of benzene rings is 1. The summed E-state index contributed by atoms with van der Waals surface area (Å²) in [5.41, 5.74) is 5.03. The van der Waals surface area contributed by atoms with Crippen LogP contribution in [0.4, 0.5) is 14.5 Å². The number of ether oxygens (including phenoxy) is 1. The molecule has 0 aliphatic heterocycles. The summed E-state index contributed by atoms with van der Waals surface area (Å²) in [6, 6.07) is 5.95. The van der Waals surface area contributed by atoms with Gasteiger partial charge in [-0.05, 0) is 18.2 Å². The van der Waals surface area contributed by atoms with E-state index in [1.807, 2.05) is 0 Å². The lowest BCUT2D eigenvalue weighted by molar-refractivity contribution is -0.145. The second-order valence-corrected chi connectivity index (χ2v) is 4.29. The van der Waals surface area contributed by atoms with Crippen LogP contribution in [0.25, 0.3) is 0 Å². The van der Waals surface area contributed by atoms with E-state index < -0.39 is 29.8 Å². The van der Waals surface area contributed by atoms with E-state index >= 15 is 0 Å². The molecule has 0 aliphatic carbocycles. The van der Waals surface area contributed by atoms with Gasteiger partial charge in [0.15, 0.2) is 0 Å². The molecule has 1 aromatic carbocycles. The largest absolute Gasteiger partial charge is 0.459 e. The molecule has 0 aliphatic rings. The Labute approximate surface area is 118 Å². The van der Waals surface area contributed by atoms with Crippen LogP contribution >= 0.6 is 0 Å². The van der Waals surface area contributed by atoms with Crippen LogP contribution in [0.15, 0.2) is 41.3 Å². The molecular weight excluding hydrogens is 282 g/mol. The minimum atomic E-state index is -0.802. The summed E-state index contributed by atoms with van der Waals surface area (Å²) in [4.78, 5) is 23.1. The molecule has 0 fully saturated rings. The Kier molecular flexibility index (Phi) is 4.32. The highest BCUT2D eigenvalue weighted by Gasteiger charge is 2.12. The summed E-state index contributed by atoms with van der Waals surface area (Å²) in [6.07, 6.45) is 1.28. The van der Waals surface area contributed by atoms with Gasteiger partial charge in [0.1, 0.15) is 24.8 Å². The van der Waals surface area contributed by atoms with Crippen molar-refractivity contribution in [2.75, 3.05) is 5.73 Å². The van der Waals surface area contributed by atoms with Crippen molar-refractivity contribution >= 4 is 11.7 Å². The first-order valence-electron chi connectivity index (χ1n) is 6.02. The Morgan fingerprint density at radius 2 is 1.86 bits per heavy atom. The third-order valence-corrected chi connectivity index (χ3v) is 2.74. The first-order chi connectivity index (χ1) is 9.97. The maximum Gasteiger partial charge on any atom is 0.326 e. The lowest BCUT2D eigenvalue weighted by Gasteiger charge is -2.08. The molecule has 0 unspecified atom stereocenters. The summed E-state index contributed by atoms with van der Waals surface area (Å²) < 4.78 is 32.5. The number of nitrogen functional groups attached to an aromatic ring is 1. The van der Waals surface area contributed by atoms with Crippen molar-refractivity contribution in [3.63, 3.8) is 0 Å². The van der Waals surface area contributed by atoms with Gasteiger partial charge in [0.2, 0.25) is 0 Å². The van der Waals surface area contributed by atoms with Gasteiger partial charge in [0.05, 0.1) is 5.56 Å².